The van der Waals surface area contributed by atoms with Gasteiger partial charge < -0.3 is 5.32 Å². The van der Waals surface area contributed by atoms with Crippen molar-refractivity contribution in [1.82, 2.24) is 0 Å². The topological polar surface area (TPSA) is 12.0 Å². The molecule has 20 heavy (non-hydrogen) atoms. The summed E-state index contributed by atoms with van der Waals surface area (Å²) in [5.41, 5.74) is 1.64. The van der Waals surface area contributed by atoms with Gasteiger partial charge in [0.1, 0.15) is 0 Å². The third-order valence-corrected chi connectivity index (χ3v) is 5.46. The Morgan fingerprint density at radius 1 is 0.950 bits per heavy atom. The Labute approximate surface area is 146 Å². The van der Waals surface area contributed by atoms with E-state index in [0.717, 1.165) is 15.7 Å². The van der Waals surface area contributed by atoms with Crippen LogP contribution in [0.25, 0.3) is 0 Å². The number of nitrogens with one attached hydrogen (secondary N) is 1. The van der Waals surface area contributed by atoms with Crippen LogP contribution in [0.1, 0.15) is 18.5 Å². The lowest BCUT2D eigenvalue weighted by atomic mass is 10.1. The summed E-state index contributed by atoms with van der Waals surface area (Å²) in [7, 11) is 0. The van der Waals surface area contributed by atoms with Crippen LogP contribution in [0.3, 0.4) is 0 Å². The van der Waals surface area contributed by atoms with Crippen molar-refractivity contribution >= 4 is 68.0 Å². The fourth-order valence-electron chi connectivity index (χ4n) is 1.80. The van der Waals surface area contributed by atoms with E-state index in [4.69, 9.17) is 46.4 Å². The molecule has 1 unspecified atom stereocenters. The van der Waals surface area contributed by atoms with Gasteiger partial charge in [-0.2, -0.15) is 0 Å². The summed E-state index contributed by atoms with van der Waals surface area (Å²) in [4.78, 5) is 0. The molecule has 0 saturated heterocycles. The first kappa shape index (κ1) is 16.3. The lowest BCUT2D eigenvalue weighted by Gasteiger charge is -2.19. The van der Waals surface area contributed by atoms with Gasteiger partial charge in [-0.05, 0) is 46.6 Å². The first-order chi connectivity index (χ1) is 9.41. The predicted octanol–water partition coefficient (Wildman–Crippen LogP) is 7.24. The average Bonchev–Trinajstić information content (AvgIpc) is 2.42. The monoisotopic (exact) mass is 411 g/mol. The molecule has 0 amide bonds. The van der Waals surface area contributed by atoms with Crippen molar-refractivity contribution in [2.75, 3.05) is 5.32 Å². The van der Waals surface area contributed by atoms with Gasteiger partial charge in [-0.15, -0.1) is 0 Å². The highest BCUT2D eigenvalue weighted by Crippen LogP contribution is 2.38. The highest BCUT2D eigenvalue weighted by atomic mass is 79.9. The largest absolute Gasteiger partial charge is 0.377 e. The Balaban J connectivity index is 2.30. The molecule has 1 N–H and O–H groups in total. The van der Waals surface area contributed by atoms with Crippen molar-refractivity contribution in [1.29, 1.82) is 0 Å². The van der Waals surface area contributed by atoms with Crippen LogP contribution in [-0.4, -0.2) is 0 Å². The summed E-state index contributed by atoms with van der Waals surface area (Å²) in [6.07, 6.45) is 0. The maximum absolute atomic E-state index is 6.22. The summed E-state index contributed by atoms with van der Waals surface area (Å²) < 4.78 is 0.753. The van der Waals surface area contributed by atoms with E-state index in [0.29, 0.717) is 20.1 Å². The summed E-state index contributed by atoms with van der Waals surface area (Å²) >= 11 is 27.9. The molecule has 2 aromatic rings. The van der Waals surface area contributed by atoms with Gasteiger partial charge in [-0.3, -0.25) is 0 Å². The van der Waals surface area contributed by atoms with Crippen LogP contribution in [0.15, 0.2) is 34.8 Å². The molecule has 0 heterocycles. The highest BCUT2D eigenvalue weighted by Gasteiger charge is 2.15. The summed E-state index contributed by atoms with van der Waals surface area (Å²) in [5.74, 6) is 0. The molecule has 0 aliphatic carbocycles. The van der Waals surface area contributed by atoms with E-state index in [1.54, 1.807) is 6.07 Å². The standard InChI is InChI=1S/C14H10BrCl4N/c1-7(8-3-2-4-10(16)12(8)17)20-11-6-5-9(15)13(18)14(11)19/h2-7,20H,1H3. The second kappa shape index (κ2) is 6.76. The smallest absolute Gasteiger partial charge is 0.0835 e. The maximum atomic E-state index is 6.22. The fraction of sp³-hybridized carbons (Fsp3) is 0.143. The molecule has 0 spiro atoms. The fourth-order valence-corrected chi connectivity index (χ4v) is 3.10. The number of anilines is 1. The Bertz CT molecular complexity index is 645. The number of hydrogen-bond donors (Lipinski definition) is 1. The minimum absolute atomic E-state index is 0.0593. The summed E-state index contributed by atoms with van der Waals surface area (Å²) in [6, 6.07) is 9.16. The molecule has 0 bridgehead atoms. The minimum Gasteiger partial charge on any atom is -0.377 e. The van der Waals surface area contributed by atoms with Gasteiger partial charge in [0.2, 0.25) is 0 Å². The van der Waals surface area contributed by atoms with Crippen LogP contribution >= 0.6 is 62.3 Å². The van der Waals surface area contributed by atoms with Gasteiger partial charge >= 0.3 is 0 Å². The molecule has 0 aliphatic heterocycles. The molecule has 0 aliphatic rings. The minimum atomic E-state index is -0.0593. The van der Waals surface area contributed by atoms with Gasteiger partial charge in [-0.1, -0.05) is 58.5 Å². The van der Waals surface area contributed by atoms with Crippen LogP contribution in [0.5, 0.6) is 0 Å². The van der Waals surface area contributed by atoms with Crippen molar-refractivity contribution in [2.24, 2.45) is 0 Å². The predicted molar refractivity (Wildman–Crippen MR) is 92.7 cm³/mol. The quantitative estimate of drug-likeness (QED) is 0.523. The van der Waals surface area contributed by atoms with Crippen LogP contribution < -0.4 is 5.32 Å². The van der Waals surface area contributed by atoms with Gasteiger partial charge in [0.15, 0.2) is 0 Å². The second-order valence-corrected chi connectivity index (χ2v) is 6.63. The zero-order chi connectivity index (χ0) is 14.9. The first-order valence-electron chi connectivity index (χ1n) is 5.75. The molecule has 6 heteroatoms. The Morgan fingerprint density at radius 3 is 2.35 bits per heavy atom. The molecule has 106 valence electrons. The van der Waals surface area contributed by atoms with E-state index in [1.807, 2.05) is 31.2 Å². The third kappa shape index (κ3) is 3.37. The normalized spacial score (nSPS) is 12.3. The second-order valence-electron chi connectivity index (χ2n) is 4.23. The molecule has 0 fully saturated rings. The molecule has 2 rings (SSSR count). The van der Waals surface area contributed by atoms with Gasteiger partial charge in [-0.25, -0.2) is 0 Å². The van der Waals surface area contributed by atoms with Crippen LogP contribution in [0.2, 0.25) is 20.1 Å². The van der Waals surface area contributed by atoms with E-state index in [2.05, 4.69) is 21.2 Å². The number of benzene rings is 2. The van der Waals surface area contributed by atoms with Crippen LogP contribution in [-0.2, 0) is 0 Å². The van der Waals surface area contributed by atoms with E-state index in [9.17, 15) is 0 Å². The van der Waals surface area contributed by atoms with Crippen molar-refractivity contribution < 1.29 is 0 Å². The molecular weight excluding hydrogens is 404 g/mol. The SMILES string of the molecule is CC(Nc1ccc(Br)c(Cl)c1Cl)c1cccc(Cl)c1Cl. The van der Waals surface area contributed by atoms with Crippen molar-refractivity contribution in [3.05, 3.63) is 60.5 Å². The Hall–Kier alpha value is -0.120. The Kier molecular flexibility index (Phi) is 5.49. The van der Waals surface area contributed by atoms with Gasteiger partial charge in [0.05, 0.1) is 31.8 Å². The zero-order valence-electron chi connectivity index (χ0n) is 10.4. The molecular formula is C14H10BrCl4N. The van der Waals surface area contributed by atoms with E-state index < -0.39 is 0 Å². The Morgan fingerprint density at radius 2 is 1.65 bits per heavy atom. The molecule has 0 radical (unpaired) electrons. The third-order valence-electron chi connectivity index (χ3n) is 2.86. The highest BCUT2D eigenvalue weighted by molar-refractivity contribution is 9.10. The molecule has 0 aromatic heterocycles. The van der Waals surface area contributed by atoms with Gasteiger partial charge in [0.25, 0.3) is 0 Å². The first-order valence-corrected chi connectivity index (χ1v) is 8.06. The molecule has 1 nitrogen and oxygen atoms in total. The number of rotatable bonds is 3. The number of hydrogen-bond acceptors (Lipinski definition) is 1. The molecule has 1 atom stereocenters. The zero-order valence-corrected chi connectivity index (χ0v) is 15.0. The van der Waals surface area contributed by atoms with E-state index in [1.165, 1.54) is 0 Å². The lowest BCUT2D eigenvalue weighted by Crippen LogP contribution is -2.08. The molecule has 0 saturated carbocycles. The summed E-state index contributed by atoms with van der Waals surface area (Å²) in [6.45, 7) is 1.98. The van der Waals surface area contributed by atoms with Crippen LogP contribution in [0.4, 0.5) is 5.69 Å². The lowest BCUT2D eigenvalue weighted by molar-refractivity contribution is 0.885. The van der Waals surface area contributed by atoms with E-state index >= 15 is 0 Å². The average molecular weight is 414 g/mol. The molecule has 2 aromatic carbocycles. The van der Waals surface area contributed by atoms with Crippen molar-refractivity contribution in [3.8, 4) is 0 Å². The van der Waals surface area contributed by atoms with Crippen molar-refractivity contribution in [2.45, 2.75) is 13.0 Å². The maximum Gasteiger partial charge on any atom is 0.0835 e. The van der Waals surface area contributed by atoms with Gasteiger partial charge in [0, 0.05) is 4.47 Å². The number of halogens is 5. The van der Waals surface area contributed by atoms with Crippen LogP contribution in [0, 0.1) is 0 Å². The van der Waals surface area contributed by atoms with E-state index in [-0.39, 0.29) is 6.04 Å². The summed E-state index contributed by atoms with van der Waals surface area (Å²) in [5, 5.41) is 5.28. The van der Waals surface area contributed by atoms with Crippen molar-refractivity contribution in [3.63, 3.8) is 0 Å².